The number of amides is 2. The van der Waals surface area contributed by atoms with Crippen LogP contribution < -0.4 is 5.32 Å². The minimum absolute atomic E-state index is 0.00878. The van der Waals surface area contributed by atoms with Gasteiger partial charge >= 0.3 is 0 Å². The number of rotatable bonds is 7. The number of hydrogen-bond acceptors (Lipinski definition) is 5. The molecule has 4 aromatic rings. The second-order valence-electron chi connectivity index (χ2n) is 12.1. The molecule has 3 aromatic heterocycles. The number of nitrogens with zero attached hydrogens (tertiary/aromatic N) is 5. The Morgan fingerprint density at radius 1 is 1.10 bits per heavy atom. The number of carbonyl (C=O) groups is 3. The van der Waals surface area contributed by atoms with Crippen molar-refractivity contribution in [1.82, 2.24) is 29.4 Å². The monoisotopic (exact) mass is 570 g/mol. The molecule has 1 saturated carbocycles. The highest BCUT2D eigenvalue weighted by atomic mass is 19.1. The van der Waals surface area contributed by atoms with Crippen molar-refractivity contribution in [2.75, 3.05) is 6.54 Å². The molecule has 1 aromatic carbocycles. The van der Waals surface area contributed by atoms with Gasteiger partial charge in [-0.2, -0.15) is 5.10 Å². The first-order valence-corrected chi connectivity index (χ1v) is 14.3. The molecule has 0 spiro atoms. The maximum absolute atomic E-state index is 14.4. The third kappa shape index (κ3) is 4.78. The molecule has 0 unspecified atom stereocenters. The fourth-order valence-electron chi connectivity index (χ4n) is 6.46. The molecule has 0 bridgehead atoms. The van der Waals surface area contributed by atoms with Crippen molar-refractivity contribution in [3.8, 4) is 11.1 Å². The highest BCUT2D eigenvalue weighted by Crippen LogP contribution is 2.49. The number of fused-ring (bicyclic) bond motifs is 3. The number of nitrogens with one attached hydrogen (secondary N) is 1. The fraction of sp³-hybridized carbons (Fsp3) is 0.406. The van der Waals surface area contributed by atoms with E-state index in [1.165, 1.54) is 6.92 Å². The van der Waals surface area contributed by atoms with Crippen LogP contribution in [0.25, 0.3) is 27.7 Å². The average Bonchev–Trinajstić information content (AvgIpc) is 3.25. The van der Waals surface area contributed by atoms with E-state index in [0.717, 1.165) is 45.4 Å². The average molecular weight is 571 g/mol. The Hall–Kier alpha value is -4.34. The standard InChI is InChI=1S/C32H35FN6O3/c1-16(2)29(33)19(5)35-32(42)31-24-10-22(24)12-38(31)28(41)15-37-14-26(20(6)40)25-9-21(7-17(3)30(25)37)23-11-34-27-8-18(4)36-39(27)13-23/h7-9,11,13-14,19,22,24,31H,10,12,15H2,1-6H3,(H,35,42)/t19-,22+,24+,31-/m0/s1. The Morgan fingerprint density at radius 2 is 1.86 bits per heavy atom. The molecule has 1 saturated heterocycles. The van der Waals surface area contributed by atoms with Crippen LogP contribution in [0.5, 0.6) is 0 Å². The fourth-order valence-corrected chi connectivity index (χ4v) is 6.46. The number of hydrogen-bond donors (Lipinski definition) is 1. The first-order valence-electron chi connectivity index (χ1n) is 14.3. The lowest BCUT2D eigenvalue weighted by atomic mass is 10.0. The lowest BCUT2D eigenvalue weighted by Crippen LogP contribution is -2.51. The molecular weight excluding hydrogens is 535 g/mol. The van der Waals surface area contributed by atoms with Gasteiger partial charge in [0.1, 0.15) is 18.4 Å². The highest BCUT2D eigenvalue weighted by molar-refractivity contribution is 6.09. The molecule has 10 heteroatoms. The zero-order chi connectivity index (χ0) is 30.0. The van der Waals surface area contributed by atoms with Gasteiger partial charge in [-0.3, -0.25) is 14.4 Å². The summed E-state index contributed by atoms with van der Waals surface area (Å²) in [5.41, 5.74) is 6.12. The molecule has 6 rings (SSSR count). The van der Waals surface area contributed by atoms with Crippen LogP contribution in [0.4, 0.5) is 4.39 Å². The predicted octanol–water partition coefficient (Wildman–Crippen LogP) is 4.79. The molecule has 2 fully saturated rings. The van der Waals surface area contributed by atoms with Gasteiger partial charge in [0, 0.05) is 47.7 Å². The molecule has 0 radical (unpaired) electrons. The van der Waals surface area contributed by atoms with E-state index in [1.807, 2.05) is 42.8 Å². The number of ketones is 1. The van der Waals surface area contributed by atoms with Gasteiger partial charge in [0.05, 0.1) is 17.3 Å². The van der Waals surface area contributed by atoms with Crippen molar-refractivity contribution in [1.29, 1.82) is 0 Å². The summed E-state index contributed by atoms with van der Waals surface area (Å²) in [4.78, 5) is 45.8. The molecular formula is C32H35FN6O3. The van der Waals surface area contributed by atoms with Crippen molar-refractivity contribution in [2.24, 2.45) is 11.8 Å². The van der Waals surface area contributed by atoms with Gasteiger partial charge < -0.3 is 14.8 Å². The van der Waals surface area contributed by atoms with Crippen molar-refractivity contribution in [3.05, 3.63) is 65.0 Å². The number of piperidine rings is 1. The molecule has 1 N–H and O–H groups in total. The predicted molar refractivity (Wildman–Crippen MR) is 158 cm³/mol. The summed E-state index contributed by atoms with van der Waals surface area (Å²) >= 11 is 0. The topological polar surface area (TPSA) is 102 Å². The van der Waals surface area contributed by atoms with Crippen LogP contribution in [0.1, 0.15) is 55.7 Å². The van der Waals surface area contributed by atoms with E-state index in [1.54, 1.807) is 42.6 Å². The molecule has 42 heavy (non-hydrogen) atoms. The summed E-state index contributed by atoms with van der Waals surface area (Å²) < 4.78 is 18.0. The van der Waals surface area contributed by atoms with E-state index in [2.05, 4.69) is 15.4 Å². The lowest BCUT2D eigenvalue weighted by Gasteiger charge is -2.28. The Kier molecular flexibility index (Phi) is 6.74. The van der Waals surface area contributed by atoms with Gasteiger partial charge in [-0.25, -0.2) is 13.9 Å². The van der Waals surface area contributed by atoms with E-state index in [9.17, 15) is 18.8 Å². The van der Waals surface area contributed by atoms with E-state index >= 15 is 0 Å². The number of benzene rings is 1. The number of allylic oxidation sites excluding steroid dienone is 1. The zero-order valence-corrected chi connectivity index (χ0v) is 24.7. The summed E-state index contributed by atoms with van der Waals surface area (Å²) in [7, 11) is 0. The molecule has 4 atom stereocenters. The zero-order valence-electron chi connectivity index (χ0n) is 24.7. The smallest absolute Gasteiger partial charge is 0.243 e. The van der Waals surface area contributed by atoms with Gasteiger partial charge in [0.2, 0.25) is 11.8 Å². The van der Waals surface area contributed by atoms with Crippen LogP contribution in [0.3, 0.4) is 0 Å². The van der Waals surface area contributed by atoms with E-state index in [0.29, 0.717) is 17.7 Å². The summed E-state index contributed by atoms with van der Waals surface area (Å²) in [5.74, 6) is -0.605. The normalized spacial score (nSPS) is 20.1. The third-order valence-electron chi connectivity index (χ3n) is 8.57. The molecule has 9 nitrogen and oxygen atoms in total. The minimum atomic E-state index is -0.756. The Labute approximate surface area is 243 Å². The van der Waals surface area contributed by atoms with Crippen LogP contribution in [0, 0.1) is 25.7 Å². The SMILES string of the molecule is CC(=O)c1cn(CC(=O)N2C[C@H]3C[C@H]3[C@H]2C(=O)N[C@@H](C)C(F)=C(C)C)c2c(C)cc(-c3cnc4cc(C)nn4c3)cc12. The first-order chi connectivity index (χ1) is 19.9. The molecule has 1 aliphatic carbocycles. The van der Waals surface area contributed by atoms with E-state index in [-0.39, 0.29) is 41.8 Å². The number of Topliss-reactive ketones (excluding diaryl/α,β-unsaturated/α-hetero) is 1. The largest absolute Gasteiger partial charge is 0.345 e. The number of aryl methyl sites for hydroxylation is 2. The van der Waals surface area contributed by atoms with Crippen molar-refractivity contribution in [2.45, 2.75) is 66.6 Å². The lowest BCUT2D eigenvalue weighted by molar-refractivity contribution is -0.140. The summed E-state index contributed by atoms with van der Waals surface area (Å²) in [6.45, 7) is 10.8. The first kappa shape index (κ1) is 27.8. The van der Waals surface area contributed by atoms with Crippen LogP contribution >= 0.6 is 0 Å². The summed E-state index contributed by atoms with van der Waals surface area (Å²) in [6, 6.07) is 4.51. The van der Waals surface area contributed by atoms with Crippen LogP contribution in [-0.4, -0.2) is 60.3 Å². The van der Waals surface area contributed by atoms with Crippen molar-refractivity contribution >= 4 is 34.1 Å². The van der Waals surface area contributed by atoms with Crippen LogP contribution in [0.15, 0.2) is 48.2 Å². The Morgan fingerprint density at radius 3 is 2.57 bits per heavy atom. The van der Waals surface area contributed by atoms with Gasteiger partial charge in [-0.15, -0.1) is 0 Å². The number of halogens is 1. The molecule has 4 heterocycles. The van der Waals surface area contributed by atoms with Crippen molar-refractivity contribution < 1.29 is 18.8 Å². The number of carbonyl (C=O) groups excluding carboxylic acids is 3. The highest BCUT2D eigenvalue weighted by Gasteiger charge is 2.56. The molecule has 1 aliphatic heterocycles. The molecule has 218 valence electrons. The molecule has 2 amide bonds. The van der Waals surface area contributed by atoms with E-state index in [4.69, 9.17) is 0 Å². The quantitative estimate of drug-likeness (QED) is 0.322. The maximum atomic E-state index is 14.4. The van der Waals surface area contributed by atoms with Crippen molar-refractivity contribution in [3.63, 3.8) is 0 Å². The number of aromatic nitrogens is 4. The second kappa shape index (κ2) is 10.2. The Balaban J connectivity index is 1.30. The van der Waals surface area contributed by atoms with Crippen LogP contribution in [0.2, 0.25) is 0 Å². The van der Waals surface area contributed by atoms with E-state index < -0.39 is 12.1 Å². The Bertz CT molecular complexity index is 1810. The van der Waals surface area contributed by atoms with Gasteiger partial charge in [-0.05, 0) is 88.6 Å². The van der Waals surface area contributed by atoms with Gasteiger partial charge in [-0.1, -0.05) is 0 Å². The third-order valence-corrected chi connectivity index (χ3v) is 8.57. The maximum Gasteiger partial charge on any atom is 0.243 e. The van der Waals surface area contributed by atoms with Gasteiger partial charge in [0.25, 0.3) is 0 Å². The summed E-state index contributed by atoms with van der Waals surface area (Å²) in [6.07, 6.45) is 6.33. The second-order valence-corrected chi connectivity index (χ2v) is 12.1. The number of likely N-dealkylation sites (tertiary alicyclic amines) is 1. The molecule has 2 aliphatic rings. The summed E-state index contributed by atoms with van der Waals surface area (Å²) in [5, 5.41) is 8.00. The van der Waals surface area contributed by atoms with Gasteiger partial charge in [0.15, 0.2) is 11.4 Å². The minimum Gasteiger partial charge on any atom is -0.345 e. The van der Waals surface area contributed by atoms with Crippen LogP contribution in [-0.2, 0) is 16.1 Å².